The second-order valence-electron chi connectivity index (χ2n) is 6.13. The van der Waals surface area contributed by atoms with Crippen molar-refractivity contribution in [2.75, 3.05) is 5.32 Å². The van der Waals surface area contributed by atoms with Crippen LogP contribution in [-0.2, 0) is 12.8 Å². The van der Waals surface area contributed by atoms with Crippen molar-refractivity contribution in [1.82, 2.24) is 4.98 Å². The fraction of sp³-hybridized carbons (Fsp3) is 0.200. The van der Waals surface area contributed by atoms with E-state index in [2.05, 4.69) is 29.4 Å². The Kier molecular flexibility index (Phi) is 3.90. The van der Waals surface area contributed by atoms with Gasteiger partial charge in [0.05, 0.1) is 4.88 Å². The SMILES string of the molecule is Cc1cc(NC(=O)c2cc3c(s2)CCC3)ccc1-c1ccncc1. The molecule has 1 aliphatic rings. The highest BCUT2D eigenvalue weighted by Crippen LogP contribution is 2.31. The number of amides is 1. The highest BCUT2D eigenvalue weighted by Gasteiger charge is 2.18. The molecule has 1 aromatic carbocycles. The van der Waals surface area contributed by atoms with Crippen LogP contribution >= 0.6 is 11.3 Å². The lowest BCUT2D eigenvalue weighted by Crippen LogP contribution is -2.10. The Morgan fingerprint density at radius 2 is 1.96 bits per heavy atom. The fourth-order valence-electron chi connectivity index (χ4n) is 3.23. The van der Waals surface area contributed by atoms with Gasteiger partial charge in [0, 0.05) is 23.0 Å². The highest BCUT2D eigenvalue weighted by molar-refractivity contribution is 7.14. The maximum atomic E-state index is 12.5. The third kappa shape index (κ3) is 2.85. The summed E-state index contributed by atoms with van der Waals surface area (Å²) in [7, 11) is 0. The van der Waals surface area contributed by atoms with Crippen molar-refractivity contribution in [3.05, 3.63) is 69.7 Å². The van der Waals surface area contributed by atoms with E-state index >= 15 is 0 Å². The van der Waals surface area contributed by atoms with Gasteiger partial charge in [0.1, 0.15) is 0 Å². The lowest BCUT2D eigenvalue weighted by molar-refractivity contribution is 0.103. The van der Waals surface area contributed by atoms with E-state index in [9.17, 15) is 4.79 Å². The zero-order chi connectivity index (χ0) is 16.5. The average Bonchev–Trinajstić information content (AvgIpc) is 3.17. The largest absolute Gasteiger partial charge is 0.321 e. The normalized spacial score (nSPS) is 12.9. The molecule has 0 radical (unpaired) electrons. The maximum absolute atomic E-state index is 12.5. The molecule has 1 aliphatic carbocycles. The van der Waals surface area contributed by atoms with Crippen molar-refractivity contribution in [1.29, 1.82) is 0 Å². The number of carbonyl (C=O) groups excluding carboxylic acids is 1. The Morgan fingerprint density at radius 3 is 2.71 bits per heavy atom. The Labute approximate surface area is 145 Å². The number of thiophene rings is 1. The summed E-state index contributed by atoms with van der Waals surface area (Å²) in [4.78, 5) is 18.7. The van der Waals surface area contributed by atoms with Gasteiger partial charge in [-0.25, -0.2) is 0 Å². The van der Waals surface area contributed by atoms with Gasteiger partial charge < -0.3 is 5.32 Å². The minimum Gasteiger partial charge on any atom is -0.321 e. The van der Waals surface area contributed by atoms with Crippen LogP contribution in [-0.4, -0.2) is 10.9 Å². The number of aromatic nitrogens is 1. The number of anilines is 1. The average molecular weight is 334 g/mol. The lowest BCUT2D eigenvalue weighted by atomic mass is 10.0. The minimum absolute atomic E-state index is 0.00883. The minimum atomic E-state index is -0.00883. The molecule has 0 atom stereocenters. The fourth-order valence-corrected chi connectivity index (χ4v) is 4.38. The van der Waals surface area contributed by atoms with Gasteiger partial charge in [0.2, 0.25) is 0 Å². The van der Waals surface area contributed by atoms with Crippen LogP contribution in [0.1, 0.15) is 32.1 Å². The van der Waals surface area contributed by atoms with E-state index in [4.69, 9.17) is 0 Å². The molecule has 2 aromatic heterocycles. The number of hydrogen-bond acceptors (Lipinski definition) is 3. The summed E-state index contributed by atoms with van der Waals surface area (Å²) in [5, 5.41) is 3.03. The molecule has 0 saturated carbocycles. The first-order valence-corrected chi connectivity index (χ1v) is 8.96. The van der Waals surface area contributed by atoms with Crippen LogP contribution in [0.4, 0.5) is 5.69 Å². The zero-order valence-corrected chi connectivity index (χ0v) is 14.3. The summed E-state index contributed by atoms with van der Waals surface area (Å²) >= 11 is 1.63. The van der Waals surface area contributed by atoms with Crippen molar-refractivity contribution in [2.24, 2.45) is 0 Å². The van der Waals surface area contributed by atoms with Gasteiger partial charge in [0.25, 0.3) is 5.91 Å². The van der Waals surface area contributed by atoms with Crippen LogP contribution < -0.4 is 5.32 Å². The van der Waals surface area contributed by atoms with Crippen LogP contribution in [0.3, 0.4) is 0 Å². The lowest BCUT2D eigenvalue weighted by Gasteiger charge is -2.09. The predicted octanol–water partition coefficient (Wildman–Crippen LogP) is 4.86. The van der Waals surface area contributed by atoms with Crippen LogP contribution in [0.2, 0.25) is 0 Å². The molecule has 4 heteroatoms. The maximum Gasteiger partial charge on any atom is 0.265 e. The van der Waals surface area contributed by atoms with E-state index in [-0.39, 0.29) is 5.91 Å². The van der Waals surface area contributed by atoms with E-state index in [0.29, 0.717) is 0 Å². The summed E-state index contributed by atoms with van der Waals surface area (Å²) in [5.41, 5.74) is 5.62. The molecule has 3 aromatic rings. The Bertz CT molecular complexity index is 878. The Hall–Kier alpha value is -2.46. The van der Waals surface area contributed by atoms with Crippen LogP contribution in [0.25, 0.3) is 11.1 Å². The number of nitrogens with one attached hydrogen (secondary N) is 1. The Balaban J connectivity index is 1.54. The summed E-state index contributed by atoms with van der Waals surface area (Å²) in [6.07, 6.45) is 7.03. The summed E-state index contributed by atoms with van der Waals surface area (Å²) < 4.78 is 0. The van der Waals surface area contributed by atoms with Gasteiger partial charge in [-0.05, 0) is 78.8 Å². The molecule has 1 amide bonds. The number of hydrogen-bond donors (Lipinski definition) is 1. The second-order valence-corrected chi connectivity index (χ2v) is 7.27. The highest BCUT2D eigenvalue weighted by atomic mass is 32.1. The molecule has 120 valence electrons. The number of aryl methyl sites for hydroxylation is 3. The van der Waals surface area contributed by atoms with Crippen molar-refractivity contribution in [3.63, 3.8) is 0 Å². The molecule has 3 nitrogen and oxygen atoms in total. The van der Waals surface area contributed by atoms with E-state index in [0.717, 1.165) is 40.1 Å². The number of carbonyl (C=O) groups is 1. The first kappa shape index (κ1) is 15.1. The van der Waals surface area contributed by atoms with Crippen molar-refractivity contribution < 1.29 is 4.79 Å². The van der Waals surface area contributed by atoms with E-state index in [1.54, 1.807) is 23.7 Å². The van der Waals surface area contributed by atoms with Gasteiger partial charge in [-0.1, -0.05) is 6.07 Å². The monoisotopic (exact) mass is 334 g/mol. The molecular formula is C20H18N2OS. The Morgan fingerprint density at radius 1 is 1.12 bits per heavy atom. The van der Waals surface area contributed by atoms with Crippen molar-refractivity contribution >= 4 is 22.9 Å². The molecule has 0 fully saturated rings. The van der Waals surface area contributed by atoms with Crippen LogP contribution in [0.5, 0.6) is 0 Å². The third-order valence-corrected chi connectivity index (χ3v) is 5.68. The van der Waals surface area contributed by atoms with E-state index in [1.807, 2.05) is 24.3 Å². The molecule has 0 saturated heterocycles. The van der Waals surface area contributed by atoms with Gasteiger partial charge >= 0.3 is 0 Å². The van der Waals surface area contributed by atoms with Gasteiger partial charge in [0.15, 0.2) is 0 Å². The number of rotatable bonds is 3. The molecule has 0 spiro atoms. The second kappa shape index (κ2) is 6.21. The smallest absolute Gasteiger partial charge is 0.265 e. The molecule has 0 aliphatic heterocycles. The number of fused-ring (bicyclic) bond motifs is 1. The first-order chi connectivity index (χ1) is 11.7. The molecule has 0 bridgehead atoms. The molecule has 1 N–H and O–H groups in total. The topological polar surface area (TPSA) is 42.0 Å². The van der Waals surface area contributed by atoms with Gasteiger partial charge in [-0.2, -0.15) is 0 Å². The van der Waals surface area contributed by atoms with E-state index < -0.39 is 0 Å². The van der Waals surface area contributed by atoms with E-state index in [1.165, 1.54) is 16.9 Å². The first-order valence-electron chi connectivity index (χ1n) is 8.15. The summed E-state index contributed by atoms with van der Waals surface area (Å²) in [6.45, 7) is 2.06. The molecular weight excluding hydrogens is 316 g/mol. The number of nitrogens with zero attached hydrogens (tertiary/aromatic N) is 1. The quantitative estimate of drug-likeness (QED) is 0.743. The molecule has 4 rings (SSSR count). The zero-order valence-electron chi connectivity index (χ0n) is 13.5. The van der Waals surface area contributed by atoms with Crippen LogP contribution in [0.15, 0.2) is 48.8 Å². The van der Waals surface area contributed by atoms with Crippen molar-refractivity contribution in [3.8, 4) is 11.1 Å². The van der Waals surface area contributed by atoms with Crippen LogP contribution in [0, 0.1) is 6.92 Å². The third-order valence-electron chi connectivity index (χ3n) is 4.45. The molecule has 2 heterocycles. The van der Waals surface area contributed by atoms with Gasteiger partial charge in [-0.3, -0.25) is 9.78 Å². The molecule has 0 unspecified atom stereocenters. The van der Waals surface area contributed by atoms with Gasteiger partial charge in [-0.15, -0.1) is 11.3 Å². The molecule has 24 heavy (non-hydrogen) atoms. The predicted molar refractivity (Wildman–Crippen MR) is 98.7 cm³/mol. The number of pyridine rings is 1. The standard InChI is InChI=1S/C20H18N2OS/c1-13-11-16(5-6-17(13)14-7-9-21-10-8-14)22-20(23)19-12-15-3-2-4-18(15)24-19/h5-12H,2-4H2,1H3,(H,22,23). The van der Waals surface area contributed by atoms with Crippen molar-refractivity contribution in [2.45, 2.75) is 26.2 Å². The summed E-state index contributed by atoms with van der Waals surface area (Å²) in [5.74, 6) is -0.00883. The number of benzene rings is 1. The summed E-state index contributed by atoms with van der Waals surface area (Å²) in [6, 6.07) is 12.1.